The first-order valence-electron chi connectivity index (χ1n) is 5.16. The number of hydrogen-bond donors (Lipinski definition) is 2. The maximum atomic E-state index is 12.0. The number of nitrogens with one attached hydrogen (secondary N) is 1. The Kier molecular flexibility index (Phi) is 3.24. The Morgan fingerprint density at radius 3 is 2.74 bits per heavy atom. The van der Waals surface area contributed by atoms with Gasteiger partial charge in [-0.2, -0.15) is 13.2 Å². The molecule has 0 saturated carbocycles. The first-order valence-corrected chi connectivity index (χ1v) is 5.16. The molecule has 0 spiro atoms. The van der Waals surface area contributed by atoms with Gasteiger partial charge < -0.3 is 10.4 Å². The Hall–Kier alpha value is -2.38. The van der Waals surface area contributed by atoms with Crippen molar-refractivity contribution in [1.82, 2.24) is 9.97 Å². The lowest BCUT2D eigenvalue weighted by Crippen LogP contribution is -2.22. The fraction of sp³-hybridized carbons (Fsp3) is 0.182. The fourth-order valence-corrected chi connectivity index (χ4v) is 1.51. The van der Waals surface area contributed by atoms with Gasteiger partial charge in [-0.15, -0.1) is 0 Å². The number of aromatic nitrogens is 2. The van der Waals surface area contributed by atoms with Crippen LogP contribution in [0.4, 0.5) is 19.1 Å². The average Bonchev–Trinajstić information content (AvgIpc) is 2.34. The van der Waals surface area contributed by atoms with Crippen molar-refractivity contribution in [2.24, 2.45) is 0 Å². The van der Waals surface area contributed by atoms with Crippen molar-refractivity contribution in [2.45, 2.75) is 6.18 Å². The molecule has 0 aliphatic rings. The summed E-state index contributed by atoms with van der Waals surface area (Å²) < 4.78 is 36.1. The van der Waals surface area contributed by atoms with E-state index in [1.807, 2.05) is 5.32 Å². The van der Waals surface area contributed by atoms with Crippen LogP contribution in [0.3, 0.4) is 0 Å². The first-order chi connectivity index (χ1) is 8.87. The molecule has 0 amide bonds. The van der Waals surface area contributed by atoms with Gasteiger partial charge in [0.1, 0.15) is 6.54 Å². The van der Waals surface area contributed by atoms with Gasteiger partial charge in [-0.3, -0.25) is 0 Å². The topological polar surface area (TPSA) is 75.1 Å². The van der Waals surface area contributed by atoms with Crippen LogP contribution in [0.5, 0.6) is 0 Å². The Morgan fingerprint density at radius 2 is 2.11 bits per heavy atom. The highest BCUT2D eigenvalue weighted by Crippen LogP contribution is 2.19. The number of anilines is 1. The van der Waals surface area contributed by atoms with Crippen LogP contribution < -0.4 is 5.32 Å². The molecule has 100 valence electrons. The van der Waals surface area contributed by atoms with E-state index in [-0.39, 0.29) is 22.4 Å². The van der Waals surface area contributed by atoms with Crippen molar-refractivity contribution in [1.29, 1.82) is 0 Å². The molecule has 19 heavy (non-hydrogen) atoms. The van der Waals surface area contributed by atoms with Gasteiger partial charge in [0.05, 0.1) is 11.1 Å². The molecule has 1 heterocycles. The zero-order valence-corrected chi connectivity index (χ0v) is 9.40. The number of halogens is 3. The maximum Gasteiger partial charge on any atom is 0.405 e. The van der Waals surface area contributed by atoms with Crippen molar-refractivity contribution in [3.8, 4) is 0 Å². The van der Waals surface area contributed by atoms with Crippen LogP contribution in [0.25, 0.3) is 10.9 Å². The van der Waals surface area contributed by atoms with E-state index in [0.717, 1.165) is 0 Å². The van der Waals surface area contributed by atoms with Gasteiger partial charge >= 0.3 is 12.1 Å². The quantitative estimate of drug-likeness (QED) is 0.895. The number of alkyl halides is 3. The molecule has 0 saturated heterocycles. The van der Waals surface area contributed by atoms with Gasteiger partial charge in [0.15, 0.2) is 0 Å². The number of fused-ring (bicyclic) bond motifs is 1. The number of nitrogens with zero attached hydrogens (tertiary/aromatic N) is 2. The second-order valence-electron chi connectivity index (χ2n) is 3.71. The summed E-state index contributed by atoms with van der Waals surface area (Å²) in [6.45, 7) is -1.25. The molecule has 0 aliphatic heterocycles. The molecule has 2 N–H and O–H groups in total. The van der Waals surface area contributed by atoms with E-state index in [4.69, 9.17) is 5.11 Å². The Labute approximate surface area is 105 Å². The first kappa shape index (κ1) is 13.1. The lowest BCUT2D eigenvalue weighted by atomic mass is 10.1. The summed E-state index contributed by atoms with van der Waals surface area (Å²) in [5.41, 5.74) is 0.263. The number of hydrogen-bond acceptors (Lipinski definition) is 4. The maximum absolute atomic E-state index is 12.0. The smallest absolute Gasteiger partial charge is 0.405 e. The highest BCUT2D eigenvalue weighted by atomic mass is 19.4. The lowest BCUT2D eigenvalue weighted by molar-refractivity contribution is -0.115. The van der Waals surface area contributed by atoms with Crippen molar-refractivity contribution in [2.75, 3.05) is 11.9 Å². The van der Waals surface area contributed by atoms with Crippen LogP contribution in [0.1, 0.15) is 10.4 Å². The molecular formula is C11H8F3N3O2. The van der Waals surface area contributed by atoms with E-state index < -0.39 is 18.7 Å². The van der Waals surface area contributed by atoms with Crippen LogP contribution in [0, 0.1) is 0 Å². The molecule has 0 atom stereocenters. The highest BCUT2D eigenvalue weighted by Gasteiger charge is 2.27. The van der Waals surface area contributed by atoms with Crippen molar-refractivity contribution >= 4 is 22.8 Å². The molecule has 1 aromatic heterocycles. The van der Waals surface area contributed by atoms with Crippen molar-refractivity contribution < 1.29 is 23.1 Å². The number of carbonyl (C=O) groups is 1. The summed E-state index contributed by atoms with van der Waals surface area (Å²) >= 11 is 0. The summed E-state index contributed by atoms with van der Waals surface area (Å²) in [5, 5.41) is 11.2. The van der Waals surface area contributed by atoms with Gasteiger partial charge in [-0.25, -0.2) is 14.8 Å². The van der Waals surface area contributed by atoms with E-state index in [9.17, 15) is 18.0 Å². The van der Waals surface area contributed by atoms with Gasteiger partial charge in [-0.1, -0.05) is 6.07 Å². The number of carboxylic acids is 1. The summed E-state index contributed by atoms with van der Waals surface area (Å²) in [5.74, 6) is -1.35. The van der Waals surface area contributed by atoms with Crippen LogP contribution in [0.2, 0.25) is 0 Å². The second-order valence-corrected chi connectivity index (χ2v) is 3.71. The molecule has 1 aromatic carbocycles. The minimum Gasteiger partial charge on any atom is -0.478 e. The molecule has 0 aliphatic carbocycles. The monoisotopic (exact) mass is 271 g/mol. The fourth-order valence-electron chi connectivity index (χ4n) is 1.51. The number of benzene rings is 1. The molecule has 2 rings (SSSR count). The third-order valence-electron chi connectivity index (χ3n) is 2.30. The van der Waals surface area contributed by atoms with Crippen LogP contribution in [-0.4, -0.2) is 33.8 Å². The van der Waals surface area contributed by atoms with Gasteiger partial charge in [0.25, 0.3) is 0 Å². The number of rotatable bonds is 3. The predicted molar refractivity (Wildman–Crippen MR) is 61.0 cm³/mol. The molecule has 8 heteroatoms. The standard InChI is InChI=1S/C11H8F3N3O2/c12-11(13,14)5-16-10-15-4-7-6(9(18)19)2-1-3-8(7)17-10/h1-4H,5H2,(H,18,19)(H,15,16,17). The minimum absolute atomic E-state index is 0.000119. The van der Waals surface area contributed by atoms with Gasteiger partial charge in [-0.05, 0) is 12.1 Å². The molecule has 0 unspecified atom stereocenters. The molecule has 2 aromatic rings. The largest absolute Gasteiger partial charge is 0.478 e. The summed E-state index contributed by atoms with van der Waals surface area (Å²) in [4.78, 5) is 18.4. The minimum atomic E-state index is -4.37. The average molecular weight is 271 g/mol. The van der Waals surface area contributed by atoms with Crippen molar-refractivity contribution in [3.05, 3.63) is 30.0 Å². The zero-order valence-electron chi connectivity index (χ0n) is 9.40. The van der Waals surface area contributed by atoms with E-state index in [1.165, 1.54) is 24.4 Å². The number of aromatic carboxylic acids is 1. The molecule has 0 fully saturated rings. The Balaban J connectivity index is 2.34. The Bertz CT molecular complexity index is 628. The normalized spacial score (nSPS) is 11.5. The zero-order chi connectivity index (χ0) is 14.0. The van der Waals surface area contributed by atoms with Crippen LogP contribution in [0.15, 0.2) is 24.4 Å². The molecule has 0 radical (unpaired) electrons. The van der Waals surface area contributed by atoms with Gasteiger partial charge in [0.2, 0.25) is 5.95 Å². The molecule has 0 bridgehead atoms. The molecule has 5 nitrogen and oxygen atoms in total. The SMILES string of the molecule is O=C(O)c1cccc2nc(NCC(F)(F)F)ncc12. The Morgan fingerprint density at radius 1 is 1.37 bits per heavy atom. The van der Waals surface area contributed by atoms with E-state index in [2.05, 4.69) is 9.97 Å². The molecular weight excluding hydrogens is 263 g/mol. The van der Waals surface area contributed by atoms with E-state index in [0.29, 0.717) is 0 Å². The second kappa shape index (κ2) is 4.71. The van der Waals surface area contributed by atoms with E-state index >= 15 is 0 Å². The summed E-state index contributed by atoms with van der Waals surface area (Å²) in [6, 6.07) is 4.34. The third kappa shape index (κ3) is 3.09. The van der Waals surface area contributed by atoms with Crippen LogP contribution in [-0.2, 0) is 0 Å². The van der Waals surface area contributed by atoms with Crippen molar-refractivity contribution in [3.63, 3.8) is 0 Å². The lowest BCUT2D eigenvalue weighted by Gasteiger charge is -2.08. The summed E-state index contributed by atoms with van der Waals surface area (Å²) in [7, 11) is 0. The highest BCUT2D eigenvalue weighted by molar-refractivity contribution is 6.02. The predicted octanol–water partition coefficient (Wildman–Crippen LogP) is 2.30. The summed E-state index contributed by atoms with van der Waals surface area (Å²) in [6.07, 6.45) is -3.19. The van der Waals surface area contributed by atoms with E-state index in [1.54, 1.807) is 0 Å². The number of carboxylic acid groups (broad SMARTS) is 1. The third-order valence-corrected chi connectivity index (χ3v) is 2.30. The van der Waals surface area contributed by atoms with Crippen LogP contribution >= 0.6 is 0 Å². The van der Waals surface area contributed by atoms with Gasteiger partial charge in [0, 0.05) is 11.6 Å².